The zero-order valence-electron chi connectivity index (χ0n) is 9.27. The van der Waals surface area contributed by atoms with Gasteiger partial charge in [0.15, 0.2) is 0 Å². The van der Waals surface area contributed by atoms with E-state index in [1.807, 2.05) is 0 Å². The average Bonchev–Trinajstić information content (AvgIpc) is 2.17. The van der Waals surface area contributed by atoms with Gasteiger partial charge in [-0.25, -0.2) is 0 Å². The number of hydrogen-bond donors (Lipinski definition) is 1. The van der Waals surface area contributed by atoms with Gasteiger partial charge in [0.05, 0.1) is 0 Å². The highest BCUT2D eigenvalue weighted by Gasteiger charge is 2.16. The molecule has 1 nitrogen and oxygen atoms in total. The highest BCUT2D eigenvalue weighted by atomic mass is 14.6. The molecule has 1 heteroatoms. The Morgan fingerprint density at radius 2 is 2.00 bits per heavy atom. The maximum absolute atomic E-state index is 5.88. The number of rotatable bonds is 2. The van der Waals surface area contributed by atoms with E-state index >= 15 is 0 Å². The molecule has 76 valence electrons. The van der Waals surface area contributed by atoms with Gasteiger partial charge in [0.1, 0.15) is 0 Å². The predicted molar refractivity (Wildman–Crippen MR) is 58.6 cm³/mol. The first kappa shape index (κ1) is 10.8. The highest BCUT2D eigenvalue weighted by Crippen LogP contribution is 2.32. The molecule has 0 aromatic heterocycles. The number of hydrogen-bond acceptors (Lipinski definition) is 1. The van der Waals surface area contributed by atoms with Crippen LogP contribution in [0.4, 0.5) is 0 Å². The van der Waals surface area contributed by atoms with Crippen molar-refractivity contribution in [2.24, 2.45) is 11.7 Å². The van der Waals surface area contributed by atoms with Crippen LogP contribution in [0, 0.1) is 5.92 Å². The summed E-state index contributed by atoms with van der Waals surface area (Å²) in [4.78, 5) is 0. The fourth-order valence-corrected chi connectivity index (χ4v) is 2.15. The van der Waals surface area contributed by atoms with Gasteiger partial charge in [0.2, 0.25) is 0 Å². The van der Waals surface area contributed by atoms with Gasteiger partial charge in [-0.15, -0.1) is 0 Å². The standard InChI is InChI=1S/C12H23N/c1-4-11-5-7-12(8-6-11)9(2)10(3)13/h10-11H,4-8,13H2,1-3H3. The van der Waals surface area contributed by atoms with Crippen molar-refractivity contribution in [3.8, 4) is 0 Å². The van der Waals surface area contributed by atoms with E-state index in [9.17, 15) is 0 Å². The number of allylic oxidation sites excluding steroid dienone is 1. The van der Waals surface area contributed by atoms with E-state index in [2.05, 4.69) is 20.8 Å². The third kappa shape index (κ3) is 2.84. The molecule has 1 aliphatic rings. The molecule has 1 atom stereocenters. The molecule has 1 aliphatic carbocycles. The Kier molecular flexibility index (Phi) is 3.98. The minimum Gasteiger partial charge on any atom is -0.324 e. The van der Waals surface area contributed by atoms with E-state index in [0.717, 1.165) is 5.92 Å². The second-order valence-corrected chi connectivity index (χ2v) is 4.43. The Balaban J connectivity index is 2.53. The van der Waals surface area contributed by atoms with Gasteiger partial charge >= 0.3 is 0 Å². The van der Waals surface area contributed by atoms with Crippen LogP contribution in [0.1, 0.15) is 52.9 Å². The van der Waals surface area contributed by atoms with Crippen LogP contribution in [0.15, 0.2) is 11.1 Å². The van der Waals surface area contributed by atoms with E-state index < -0.39 is 0 Å². The lowest BCUT2D eigenvalue weighted by atomic mass is 9.82. The molecule has 0 amide bonds. The predicted octanol–water partition coefficient (Wildman–Crippen LogP) is 3.25. The van der Waals surface area contributed by atoms with Crippen molar-refractivity contribution in [2.75, 3.05) is 0 Å². The second kappa shape index (κ2) is 4.80. The SMILES string of the molecule is CCC1CCC(=C(C)C(C)N)CC1. The zero-order valence-corrected chi connectivity index (χ0v) is 9.27. The van der Waals surface area contributed by atoms with Gasteiger partial charge in [-0.1, -0.05) is 24.5 Å². The maximum atomic E-state index is 5.88. The van der Waals surface area contributed by atoms with Crippen molar-refractivity contribution in [3.05, 3.63) is 11.1 Å². The van der Waals surface area contributed by atoms with E-state index in [0.29, 0.717) is 0 Å². The van der Waals surface area contributed by atoms with Crippen LogP contribution in [0.5, 0.6) is 0 Å². The molecule has 0 aromatic rings. The molecule has 1 rings (SSSR count). The highest BCUT2D eigenvalue weighted by molar-refractivity contribution is 5.18. The van der Waals surface area contributed by atoms with Crippen LogP contribution < -0.4 is 5.73 Å². The summed E-state index contributed by atoms with van der Waals surface area (Å²) in [5, 5.41) is 0. The molecule has 0 heterocycles. The lowest BCUT2D eigenvalue weighted by Gasteiger charge is -2.25. The van der Waals surface area contributed by atoms with Crippen molar-refractivity contribution in [2.45, 2.75) is 58.9 Å². The summed E-state index contributed by atoms with van der Waals surface area (Å²) in [6.45, 7) is 6.60. The molecule has 1 fully saturated rings. The van der Waals surface area contributed by atoms with Crippen molar-refractivity contribution >= 4 is 0 Å². The molecule has 0 bridgehead atoms. The third-order valence-electron chi connectivity index (χ3n) is 3.53. The largest absolute Gasteiger partial charge is 0.324 e. The molecule has 0 aromatic carbocycles. The Morgan fingerprint density at radius 3 is 2.38 bits per heavy atom. The Bertz CT molecular complexity index is 181. The first-order valence-electron chi connectivity index (χ1n) is 5.59. The smallest absolute Gasteiger partial charge is 0.0224 e. The first-order valence-corrected chi connectivity index (χ1v) is 5.59. The third-order valence-corrected chi connectivity index (χ3v) is 3.53. The van der Waals surface area contributed by atoms with E-state index in [4.69, 9.17) is 5.73 Å². The first-order chi connectivity index (χ1) is 6.15. The molecular weight excluding hydrogens is 158 g/mol. The molecular formula is C12H23N. The average molecular weight is 181 g/mol. The van der Waals surface area contributed by atoms with Crippen molar-refractivity contribution in [1.82, 2.24) is 0 Å². The van der Waals surface area contributed by atoms with Crippen LogP contribution in [0.25, 0.3) is 0 Å². The lowest BCUT2D eigenvalue weighted by Crippen LogP contribution is -2.19. The quantitative estimate of drug-likeness (QED) is 0.650. The molecule has 0 aliphatic heterocycles. The van der Waals surface area contributed by atoms with Crippen LogP contribution >= 0.6 is 0 Å². The summed E-state index contributed by atoms with van der Waals surface area (Å²) in [6.07, 6.45) is 6.72. The minimum atomic E-state index is 0.258. The van der Waals surface area contributed by atoms with Gasteiger partial charge in [0.25, 0.3) is 0 Å². The second-order valence-electron chi connectivity index (χ2n) is 4.43. The molecule has 1 saturated carbocycles. The van der Waals surface area contributed by atoms with Crippen molar-refractivity contribution in [1.29, 1.82) is 0 Å². The maximum Gasteiger partial charge on any atom is 0.0224 e. The summed E-state index contributed by atoms with van der Waals surface area (Å²) in [5.41, 5.74) is 8.95. The van der Waals surface area contributed by atoms with E-state index in [1.165, 1.54) is 37.7 Å². The molecule has 0 saturated heterocycles. The normalized spacial score (nSPS) is 25.8. The summed E-state index contributed by atoms with van der Waals surface area (Å²) in [7, 11) is 0. The van der Waals surface area contributed by atoms with Crippen molar-refractivity contribution < 1.29 is 0 Å². The topological polar surface area (TPSA) is 26.0 Å². The Morgan fingerprint density at radius 1 is 1.46 bits per heavy atom. The summed E-state index contributed by atoms with van der Waals surface area (Å²) in [5.74, 6) is 0.977. The summed E-state index contributed by atoms with van der Waals surface area (Å²) >= 11 is 0. The minimum absolute atomic E-state index is 0.258. The van der Waals surface area contributed by atoms with Gasteiger partial charge in [-0.3, -0.25) is 0 Å². The molecule has 2 N–H and O–H groups in total. The summed E-state index contributed by atoms with van der Waals surface area (Å²) in [6, 6.07) is 0.258. The molecule has 0 radical (unpaired) electrons. The van der Waals surface area contributed by atoms with Crippen LogP contribution in [0.3, 0.4) is 0 Å². The fraction of sp³-hybridized carbons (Fsp3) is 0.833. The van der Waals surface area contributed by atoms with Crippen LogP contribution in [-0.4, -0.2) is 6.04 Å². The zero-order chi connectivity index (χ0) is 9.84. The van der Waals surface area contributed by atoms with Crippen molar-refractivity contribution in [3.63, 3.8) is 0 Å². The molecule has 0 spiro atoms. The van der Waals surface area contributed by atoms with Crippen LogP contribution in [-0.2, 0) is 0 Å². The lowest BCUT2D eigenvalue weighted by molar-refractivity contribution is 0.394. The Labute approximate surface area is 82.4 Å². The summed E-state index contributed by atoms with van der Waals surface area (Å²) < 4.78 is 0. The van der Waals surface area contributed by atoms with Gasteiger partial charge in [0, 0.05) is 6.04 Å². The van der Waals surface area contributed by atoms with Gasteiger partial charge < -0.3 is 5.73 Å². The molecule has 1 unspecified atom stereocenters. The number of nitrogens with two attached hydrogens (primary N) is 1. The fourth-order valence-electron chi connectivity index (χ4n) is 2.15. The van der Waals surface area contributed by atoms with E-state index in [-0.39, 0.29) is 6.04 Å². The van der Waals surface area contributed by atoms with Gasteiger partial charge in [-0.05, 0) is 45.4 Å². The molecule has 13 heavy (non-hydrogen) atoms. The van der Waals surface area contributed by atoms with E-state index in [1.54, 1.807) is 5.57 Å². The van der Waals surface area contributed by atoms with Crippen LogP contribution in [0.2, 0.25) is 0 Å². The Hall–Kier alpha value is -0.300. The van der Waals surface area contributed by atoms with Gasteiger partial charge in [-0.2, -0.15) is 0 Å². The monoisotopic (exact) mass is 181 g/mol.